The van der Waals surface area contributed by atoms with Gasteiger partial charge < -0.3 is 4.90 Å². The van der Waals surface area contributed by atoms with E-state index in [9.17, 15) is 30.3 Å². The molecule has 1 aliphatic rings. The Morgan fingerprint density at radius 2 is 1.85 bits per heavy atom. The monoisotopic (exact) mass is 311 g/mol. The van der Waals surface area contributed by atoms with Crippen LogP contribution in [0.4, 0.5) is 22.7 Å². The van der Waals surface area contributed by atoms with E-state index in [1.54, 1.807) is 0 Å². The van der Waals surface area contributed by atoms with Crippen molar-refractivity contribution in [2.75, 3.05) is 17.2 Å². The summed E-state index contributed by atoms with van der Waals surface area (Å²) >= 11 is 0. The molecule has 1 atom stereocenters. The lowest BCUT2D eigenvalue weighted by atomic mass is 10.1. The molecule has 0 aliphatic carbocycles. The van der Waals surface area contributed by atoms with Crippen LogP contribution < -0.4 is 4.90 Å². The number of benzene rings is 1. The Hall–Kier alpha value is -1.64. The molecular formula is C11H9F4NO3S. The Labute approximate surface area is 112 Å². The van der Waals surface area contributed by atoms with Crippen molar-refractivity contribution >= 4 is 21.8 Å². The smallest absolute Gasteiger partial charge is 0.302 e. The van der Waals surface area contributed by atoms with E-state index in [1.165, 1.54) is 0 Å². The zero-order valence-electron chi connectivity index (χ0n) is 9.95. The molecule has 1 unspecified atom stereocenters. The highest BCUT2D eigenvalue weighted by molar-refractivity contribution is 7.86. The fourth-order valence-electron chi connectivity index (χ4n) is 2.13. The van der Waals surface area contributed by atoms with Crippen molar-refractivity contribution in [3.8, 4) is 0 Å². The number of rotatable bonds is 3. The quantitative estimate of drug-likeness (QED) is 0.485. The first kappa shape index (κ1) is 14.8. The maximum Gasteiger partial charge on any atom is 0.302 e. The van der Waals surface area contributed by atoms with Gasteiger partial charge in [0.1, 0.15) is 0 Å². The third-order valence-electron chi connectivity index (χ3n) is 2.95. The highest BCUT2D eigenvalue weighted by atomic mass is 32.3. The second-order valence-corrected chi connectivity index (χ2v) is 5.89. The van der Waals surface area contributed by atoms with E-state index < -0.39 is 50.9 Å². The highest BCUT2D eigenvalue weighted by Gasteiger charge is 2.35. The standard InChI is InChI=1S/C11H9F4NO3S/c12-7-1-2-8(11(14)10(7)13)16-4-6(3-9(16)17)5-20(15,18)19/h1-2,6H,3-5H2. The predicted molar refractivity (Wildman–Crippen MR) is 61.7 cm³/mol. The molecule has 2 rings (SSSR count). The van der Waals surface area contributed by atoms with Crippen LogP contribution in [0.15, 0.2) is 12.1 Å². The summed E-state index contributed by atoms with van der Waals surface area (Å²) in [6.45, 7) is -0.274. The first-order valence-corrected chi connectivity index (χ1v) is 7.10. The molecule has 4 nitrogen and oxygen atoms in total. The van der Waals surface area contributed by atoms with Crippen LogP contribution in [0.3, 0.4) is 0 Å². The number of anilines is 1. The largest absolute Gasteiger partial charge is 0.309 e. The maximum absolute atomic E-state index is 13.6. The summed E-state index contributed by atoms with van der Waals surface area (Å²) in [4.78, 5) is 12.4. The van der Waals surface area contributed by atoms with Gasteiger partial charge in [-0.05, 0) is 12.1 Å². The summed E-state index contributed by atoms with van der Waals surface area (Å²) in [5, 5.41) is 0. The Kier molecular flexibility index (Phi) is 3.72. The second-order valence-electron chi connectivity index (χ2n) is 4.47. The lowest BCUT2D eigenvalue weighted by molar-refractivity contribution is -0.117. The molecule has 0 spiro atoms. The Bertz CT molecular complexity index is 662. The van der Waals surface area contributed by atoms with E-state index in [2.05, 4.69) is 0 Å². The minimum absolute atomic E-state index is 0.274. The fraction of sp³-hybridized carbons (Fsp3) is 0.364. The first-order valence-electron chi connectivity index (χ1n) is 5.55. The Morgan fingerprint density at radius 1 is 1.20 bits per heavy atom. The van der Waals surface area contributed by atoms with Crippen molar-refractivity contribution in [3.05, 3.63) is 29.6 Å². The molecule has 1 fully saturated rings. The minimum Gasteiger partial charge on any atom is -0.309 e. The molecule has 1 aromatic rings. The van der Waals surface area contributed by atoms with Gasteiger partial charge in [-0.1, -0.05) is 0 Å². The van der Waals surface area contributed by atoms with E-state index in [-0.39, 0.29) is 13.0 Å². The van der Waals surface area contributed by atoms with E-state index in [4.69, 9.17) is 0 Å². The van der Waals surface area contributed by atoms with Crippen molar-refractivity contribution in [3.63, 3.8) is 0 Å². The first-order chi connectivity index (χ1) is 9.19. The van der Waals surface area contributed by atoms with Gasteiger partial charge in [-0.15, -0.1) is 3.89 Å². The van der Waals surface area contributed by atoms with Crippen LogP contribution in [0.1, 0.15) is 6.42 Å². The molecule has 9 heteroatoms. The van der Waals surface area contributed by atoms with Crippen LogP contribution >= 0.6 is 0 Å². The predicted octanol–water partition coefficient (Wildman–Crippen LogP) is 1.76. The van der Waals surface area contributed by atoms with Gasteiger partial charge in [0.15, 0.2) is 17.5 Å². The summed E-state index contributed by atoms with van der Waals surface area (Å²) in [5.74, 6) is -7.08. The minimum atomic E-state index is -4.77. The Morgan fingerprint density at radius 3 is 2.45 bits per heavy atom. The van der Waals surface area contributed by atoms with Gasteiger partial charge in [0.25, 0.3) is 0 Å². The topological polar surface area (TPSA) is 54.5 Å². The van der Waals surface area contributed by atoms with E-state index in [0.29, 0.717) is 6.07 Å². The fourth-order valence-corrected chi connectivity index (χ4v) is 2.92. The highest BCUT2D eigenvalue weighted by Crippen LogP contribution is 2.30. The van der Waals surface area contributed by atoms with Crippen molar-refractivity contribution in [2.24, 2.45) is 5.92 Å². The SMILES string of the molecule is O=C1CC(CS(=O)(=O)F)CN1c1ccc(F)c(F)c1F. The van der Waals surface area contributed by atoms with Gasteiger partial charge in [-0.25, -0.2) is 13.2 Å². The molecule has 0 bridgehead atoms. The van der Waals surface area contributed by atoms with Gasteiger partial charge in [0.2, 0.25) is 5.91 Å². The average Bonchev–Trinajstić information content (AvgIpc) is 2.65. The van der Waals surface area contributed by atoms with Gasteiger partial charge in [0.05, 0.1) is 11.4 Å². The van der Waals surface area contributed by atoms with E-state index in [0.717, 1.165) is 11.0 Å². The van der Waals surface area contributed by atoms with Crippen LogP contribution in [0.25, 0.3) is 0 Å². The number of carbonyl (C=O) groups is 1. The van der Waals surface area contributed by atoms with Crippen molar-refractivity contribution in [2.45, 2.75) is 6.42 Å². The molecule has 1 aromatic carbocycles. The molecule has 110 valence electrons. The normalized spacial score (nSPS) is 19.7. The molecule has 20 heavy (non-hydrogen) atoms. The summed E-state index contributed by atoms with van der Waals surface area (Å²) in [5.41, 5.74) is -0.493. The molecule has 0 N–H and O–H groups in total. The van der Waals surface area contributed by atoms with Gasteiger partial charge in [-0.2, -0.15) is 8.42 Å². The van der Waals surface area contributed by atoms with Crippen LogP contribution in [-0.4, -0.2) is 26.6 Å². The maximum atomic E-state index is 13.6. The average molecular weight is 311 g/mol. The summed E-state index contributed by atoms with van der Waals surface area (Å²) in [7, 11) is -4.77. The summed E-state index contributed by atoms with van der Waals surface area (Å²) < 4.78 is 73.0. The van der Waals surface area contributed by atoms with E-state index >= 15 is 0 Å². The number of hydrogen-bond donors (Lipinski definition) is 0. The molecule has 1 amide bonds. The summed E-state index contributed by atoms with van der Waals surface area (Å²) in [6, 6.07) is 1.53. The van der Waals surface area contributed by atoms with Crippen LogP contribution in [0.5, 0.6) is 0 Å². The number of nitrogens with zero attached hydrogens (tertiary/aromatic N) is 1. The number of amides is 1. The summed E-state index contributed by atoms with van der Waals surface area (Å²) in [6.07, 6.45) is -0.304. The molecule has 0 aromatic heterocycles. The molecule has 0 radical (unpaired) electrons. The van der Waals surface area contributed by atoms with Crippen molar-refractivity contribution in [1.29, 1.82) is 0 Å². The number of hydrogen-bond acceptors (Lipinski definition) is 3. The van der Waals surface area contributed by atoms with E-state index in [1.807, 2.05) is 0 Å². The second kappa shape index (κ2) is 5.04. The Balaban J connectivity index is 2.27. The van der Waals surface area contributed by atoms with Crippen molar-refractivity contribution in [1.82, 2.24) is 0 Å². The third-order valence-corrected chi connectivity index (χ3v) is 3.82. The van der Waals surface area contributed by atoms with Gasteiger partial charge in [0, 0.05) is 18.9 Å². The lowest BCUT2D eigenvalue weighted by Crippen LogP contribution is -2.26. The molecular weight excluding hydrogens is 302 g/mol. The van der Waals surface area contributed by atoms with Gasteiger partial charge in [-0.3, -0.25) is 4.79 Å². The molecule has 1 saturated heterocycles. The molecule has 1 heterocycles. The third kappa shape index (κ3) is 2.92. The zero-order chi connectivity index (χ0) is 15.1. The number of halogens is 4. The molecule has 0 saturated carbocycles. The van der Waals surface area contributed by atoms with Crippen LogP contribution in [0, 0.1) is 23.4 Å². The van der Waals surface area contributed by atoms with Crippen LogP contribution in [-0.2, 0) is 15.0 Å². The van der Waals surface area contributed by atoms with Crippen LogP contribution in [0.2, 0.25) is 0 Å². The number of carbonyl (C=O) groups excluding carboxylic acids is 1. The zero-order valence-corrected chi connectivity index (χ0v) is 10.8. The van der Waals surface area contributed by atoms with Crippen molar-refractivity contribution < 1.29 is 30.3 Å². The molecule has 1 aliphatic heterocycles. The lowest BCUT2D eigenvalue weighted by Gasteiger charge is -2.17. The van der Waals surface area contributed by atoms with Gasteiger partial charge >= 0.3 is 10.2 Å².